The number of benzene rings is 3. The first kappa shape index (κ1) is 30.4. The number of aliphatic carboxylic acids is 1. The van der Waals surface area contributed by atoms with Gasteiger partial charge in [0.05, 0.1) is 34.5 Å². The average molecular weight is 618 g/mol. The standard InChI is InChI=1S/C32H28ClN3O8/c33-25-12-23(16-35-26(17-37)32(39)40)28(43-18-21-4-1-3-20(11-21)15-34)14-29(25)44-19-22-5-2-8-36(31(22)38)24-6-7-27-30(13-24)42-10-9-41-27/h1-8,11-14,26,35,37H,9-10,16-19H2,(H,39,40)/t26-/m1/s1. The third kappa shape index (κ3) is 7.12. The van der Waals surface area contributed by atoms with Gasteiger partial charge in [0.1, 0.15) is 44.0 Å². The maximum Gasteiger partial charge on any atom is 0.323 e. The molecule has 226 valence electrons. The molecule has 5 rings (SSSR count). The molecule has 0 fully saturated rings. The number of nitriles is 1. The minimum absolute atomic E-state index is 0.0179. The molecule has 0 unspecified atom stereocenters. The number of nitrogens with one attached hydrogen (secondary N) is 1. The Hall–Kier alpha value is -5.02. The quantitative estimate of drug-likeness (QED) is 0.214. The molecule has 44 heavy (non-hydrogen) atoms. The number of aliphatic hydroxyl groups is 1. The lowest BCUT2D eigenvalue weighted by atomic mass is 10.1. The summed E-state index contributed by atoms with van der Waals surface area (Å²) < 4.78 is 24.8. The molecular formula is C32H28ClN3O8. The Morgan fingerprint density at radius 2 is 1.80 bits per heavy atom. The molecule has 1 aliphatic heterocycles. The molecule has 0 bridgehead atoms. The van der Waals surface area contributed by atoms with Crippen molar-refractivity contribution >= 4 is 17.6 Å². The molecule has 0 amide bonds. The Morgan fingerprint density at radius 3 is 2.57 bits per heavy atom. The second-order valence-corrected chi connectivity index (χ2v) is 10.2. The summed E-state index contributed by atoms with van der Waals surface area (Å²) in [5.41, 5.74) is 2.41. The van der Waals surface area contributed by atoms with Gasteiger partial charge in [-0.15, -0.1) is 0 Å². The Morgan fingerprint density at radius 1 is 1.00 bits per heavy atom. The van der Waals surface area contributed by atoms with Crippen LogP contribution in [0, 0.1) is 11.3 Å². The van der Waals surface area contributed by atoms with E-state index in [9.17, 15) is 25.1 Å². The van der Waals surface area contributed by atoms with Gasteiger partial charge in [0.15, 0.2) is 11.5 Å². The van der Waals surface area contributed by atoms with Gasteiger partial charge in [-0.25, -0.2) is 0 Å². The number of rotatable bonds is 12. The van der Waals surface area contributed by atoms with E-state index in [2.05, 4.69) is 11.4 Å². The third-order valence-electron chi connectivity index (χ3n) is 6.80. The van der Waals surface area contributed by atoms with Gasteiger partial charge in [-0.2, -0.15) is 5.26 Å². The number of pyridine rings is 1. The molecule has 2 heterocycles. The molecule has 3 N–H and O–H groups in total. The fourth-order valence-electron chi connectivity index (χ4n) is 4.50. The average Bonchev–Trinajstić information content (AvgIpc) is 3.04. The topological polar surface area (TPSA) is 152 Å². The van der Waals surface area contributed by atoms with Crippen LogP contribution in [0.2, 0.25) is 5.02 Å². The van der Waals surface area contributed by atoms with E-state index in [1.807, 2.05) is 0 Å². The van der Waals surface area contributed by atoms with Crippen molar-refractivity contribution in [3.05, 3.63) is 111 Å². The predicted molar refractivity (Wildman–Crippen MR) is 160 cm³/mol. The maximum atomic E-state index is 13.4. The summed E-state index contributed by atoms with van der Waals surface area (Å²) in [7, 11) is 0. The zero-order valence-electron chi connectivity index (χ0n) is 23.4. The second kappa shape index (κ2) is 14.0. The van der Waals surface area contributed by atoms with E-state index in [0.29, 0.717) is 52.8 Å². The van der Waals surface area contributed by atoms with Crippen LogP contribution in [0.5, 0.6) is 23.0 Å². The minimum atomic E-state index is -1.21. The normalized spacial score (nSPS) is 12.7. The second-order valence-electron chi connectivity index (χ2n) is 9.77. The lowest BCUT2D eigenvalue weighted by molar-refractivity contribution is -0.140. The van der Waals surface area contributed by atoms with Crippen LogP contribution in [0.4, 0.5) is 0 Å². The van der Waals surface area contributed by atoms with E-state index >= 15 is 0 Å². The number of nitrogens with zero attached hydrogens (tertiary/aromatic N) is 2. The number of hydrogen-bond acceptors (Lipinski definition) is 9. The van der Waals surface area contributed by atoms with Crippen LogP contribution < -0.4 is 29.8 Å². The number of halogens is 1. The van der Waals surface area contributed by atoms with Gasteiger partial charge in [-0.1, -0.05) is 23.7 Å². The van der Waals surface area contributed by atoms with Crippen molar-refractivity contribution < 1.29 is 34.0 Å². The van der Waals surface area contributed by atoms with Crippen molar-refractivity contribution in [1.29, 1.82) is 5.26 Å². The van der Waals surface area contributed by atoms with E-state index in [1.54, 1.807) is 72.9 Å². The van der Waals surface area contributed by atoms with Crippen LogP contribution in [-0.4, -0.2) is 46.6 Å². The summed E-state index contributed by atoms with van der Waals surface area (Å²) in [6, 6.07) is 19.6. The third-order valence-corrected chi connectivity index (χ3v) is 7.09. The van der Waals surface area contributed by atoms with Gasteiger partial charge < -0.3 is 29.2 Å². The molecule has 0 radical (unpaired) electrons. The van der Waals surface area contributed by atoms with E-state index < -0.39 is 18.6 Å². The summed E-state index contributed by atoms with van der Waals surface area (Å²) >= 11 is 6.55. The Balaban J connectivity index is 1.38. The van der Waals surface area contributed by atoms with Crippen LogP contribution in [0.15, 0.2) is 77.7 Å². The highest BCUT2D eigenvalue weighted by atomic mass is 35.5. The maximum absolute atomic E-state index is 13.4. The van der Waals surface area contributed by atoms with E-state index in [0.717, 1.165) is 5.56 Å². The number of hydrogen-bond donors (Lipinski definition) is 3. The van der Waals surface area contributed by atoms with Crippen LogP contribution in [0.3, 0.4) is 0 Å². The van der Waals surface area contributed by atoms with Crippen molar-refractivity contribution in [2.45, 2.75) is 25.8 Å². The molecule has 12 heteroatoms. The van der Waals surface area contributed by atoms with E-state index in [1.165, 1.54) is 4.57 Å². The van der Waals surface area contributed by atoms with E-state index in [4.69, 9.17) is 30.5 Å². The smallest absolute Gasteiger partial charge is 0.323 e. The molecule has 4 aromatic rings. The van der Waals surface area contributed by atoms with Gasteiger partial charge in [-0.05, 0) is 48.0 Å². The number of carbonyl (C=O) groups is 1. The monoisotopic (exact) mass is 617 g/mol. The molecule has 0 saturated heterocycles. The summed E-state index contributed by atoms with van der Waals surface area (Å²) in [5, 5.41) is 30.9. The zero-order valence-corrected chi connectivity index (χ0v) is 24.1. The van der Waals surface area contributed by atoms with Crippen molar-refractivity contribution in [2.24, 2.45) is 0 Å². The molecule has 0 saturated carbocycles. The largest absolute Gasteiger partial charge is 0.488 e. The van der Waals surface area contributed by atoms with E-state index in [-0.39, 0.29) is 36.1 Å². The Labute approximate surface area is 257 Å². The molecule has 11 nitrogen and oxygen atoms in total. The molecule has 3 aromatic carbocycles. The molecule has 1 aromatic heterocycles. The predicted octanol–water partition coefficient (Wildman–Crippen LogP) is 3.83. The summed E-state index contributed by atoms with van der Waals surface area (Å²) in [6.07, 6.45) is 1.65. The molecule has 0 aliphatic carbocycles. The lowest BCUT2D eigenvalue weighted by Gasteiger charge is -2.19. The highest BCUT2D eigenvalue weighted by Crippen LogP contribution is 2.34. The van der Waals surface area contributed by atoms with Gasteiger partial charge in [0, 0.05) is 30.4 Å². The van der Waals surface area contributed by atoms with Crippen LogP contribution in [0.25, 0.3) is 5.69 Å². The zero-order chi connectivity index (χ0) is 31.1. The number of aromatic nitrogens is 1. The first-order valence-corrected chi connectivity index (χ1v) is 14.0. The molecular weight excluding hydrogens is 590 g/mol. The van der Waals surface area contributed by atoms with Crippen LogP contribution >= 0.6 is 11.6 Å². The van der Waals surface area contributed by atoms with Gasteiger partial charge in [-0.3, -0.25) is 19.5 Å². The SMILES string of the molecule is N#Cc1cccc(COc2cc(OCc3cccn(-c4ccc5c(c4)OCCO5)c3=O)c(Cl)cc2CN[C@H](CO)C(=O)O)c1. The molecule has 1 aliphatic rings. The van der Waals surface area contributed by atoms with Crippen molar-refractivity contribution in [1.82, 2.24) is 9.88 Å². The Bertz CT molecular complexity index is 1770. The highest BCUT2D eigenvalue weighted by molar-refractivity contribution is 6.32. The van der Waals surface area contributed by atoms with Gasteiger partial charge in [0.25, 0.3) is 5.56 Å². The van der Waals surface area contributed by atoms with Gasteiger partial charge >= 0.3 is 5.97 Å². The fourth-order valence-corrected chi connectivity index (χ4v) is 4.74. The number of carboxylic acid groups (broad SMARTS) is 1. The van der Waals surface area contributed by atoms with Gasteiger partial charge in [0.2, 0.25) is 0 Å². The number of carboxylic acids is 1. The summed E-state index contributed by atoms with van der Waals surface area (Å²) in [6.45, 7) is 0.300. The van der Waals surface area contributed by atoms with Crippen molar-refractivity contribution in [3.8, 4) is 34.8 Å². The number of aliphatic hydroxyl groups excluding tert-OH is 1. The summed E-state index contributed by atoms with van der Waals surface area (Å²) in [5.74, 6) is 0.542. The van der Waals surface area contributed by atoms with Crippen LogP contribution in [0.1, 0.15) is 22.3 Å². The fraction of sp³-hybridized carbons (Fsp3) is 0.219. The molecule has 1 atom stereocenters. The first-order valence-electron chi connectivity index (χ1n) is 13.6. The first-order chi connectivity index (χ1) is 21.4. The highest BCUT2D eigenvalue weighted by Gasteiger charge is 2.19. The summed E-state index contributed by atoms with van der Waals surface area (Å²) in [4.78, 5) is 24.8. The van der Waals surface area contributed by atoms with Crippen molar-refractivity contribution in [2.75, 3.05) is 19.8 Å². The minimum Gasteiger partial charge on any atom is -0.488 e. The van der Waals surface area contributed by atoms with Crippen LogP contribution in [-0.2, 0) is 24.6 Å². The lowest BCUT2D eigenvalue weighted by Crippen LogP contribution is -2.39. The Kier molecular flexibility index (Phi) is 9.66. The van der Waals surface area contributed by atoms with Crippen molar-refractivity contribution in [3.63, 3.8) is 0 Å². The number of ether oxygens (including phenoxy) is 4. The number of fused-ring (bicyclic) bond motifs is 1. The molecule has 0 spiro atoms.